The molecule has 0 aromatic carbocycles. The lowest BCUT2D eigenvalue weighted by atomic mass is 10.1. The molecule has 156 valence electrons. The van der Waals surface area contributed by atoms with Crippen LogP contribution in [0.25, 0.3) is 0 Å². The van der Waals surface area contributed by atoms with Gasteiger partial charge in [0.25, 0.3) is 0 Å². The minimum Gasteiger partial charge on any atom is -0.375 e. The molecule has 0 aromatic heterocycles. The van der Waals surface area contributed by atoms with Gasteiger partial charge in [-0.15, -0.1) is 0 Å². The van der Waals surface area contributed by atoms with Gasteiger partial charge in [0, 0.05) is 0 Å². The van der Waals surface area contributed by atoms with E-state index in [0.29, 0.717) is 13.1 Å². The van der Waals surface area contributed by atoms with E-state index < -0.39 is 36.2 Å². The van der Waals surface area contributed by atoms with Crippen LogP contribution in [0.4, 0.5) is 9.59 Å². The molecular weight excluding hydrogens is 356 g/mol. The fourth-order valence-electron chi connectivity index (χ4n) is 2.31. The van der Waals surface area contributed by atoms with Gasteiger partial charge in [-0.2, -0.15) is 0 Å². The van der Waals surface area contributed by atoms with Gasteiger partial charge in [0.05, 0.1) is 0 Å². The molecule has 2 amide bonds. The number of carbonyl (C=O) groups is 4. The number of hydrogen-bond acceptors (Lipinski definition) is 8. The monoisotopic (exact) mass is 388 g/mol. The molecule has 0 saturated heterocycles. The fourth-order valence-corrected chi connectivity index (χ4v) is 2.31. The summed E-state index contributed by atoms with van der Waals surface area (Å²) >= 11 is 0. The highest BCUT2D eigenvalue weighted by Crippen LogP contribution is 2.07. The molecule has 0 heterocycles. The molecule has 0 saturated carbocycles. The summed E-state index contributed by atoms with van der Waals surface area (Å²) in [6.45, 7) is 4.57. The Hall–Kier alpha value is -2.20. The Kier molecular flexibility index (Phi) is 13.7. The number of nitrogens with one attached hydrogen (secondary N) is 2. The highest BCUT2D eigenvalue weighted by molar-refractivity contribution is 5.87. The van der Waals surface area contributed by atoms with Gasteiger partial charge < -0.3 is 31.6 Å². The maximum Gasteiger partial charge on any atom is 0.412 e. The lowest BCUT2D eigenvalue weighted by Gasteiger charge is -2.11. The number of nitrogens with two attached hydrogens (primary N) is 2. The molecule has 0 aliphatic heterocycles. The Balaban J connectivity index is 3.45. The average molecular weight is 388 g/mol. The minimum absolute atomic E-state index is 0.562. The molecule has 10 heteroatoms. The van der Waals surface area contributed by atoms with Crippen molar-refractivity contribution in [3.05, 3.63) is 0 Å². The molecule has 6 N–H and O–H groups in total. The van der Waals surface area contributed by atoms with Gasteiger partial charge in [0.2, 0.25) is 0 Å². The molecule has 27 heavy (non-hydrogen) atoms. The molecule has 0 aliphatic rings. The Bertz CT molecular complexity index is 444. The van der Waals surface area contributed by atoms with Gasteiger partial charge >= 0.3 is 24.1 Å². The number of rotatable bonds is 14. The van der Waals surface area contributed by atoms with Crippen LogP contribution in [0.2, 0.25) is 0 Å². The lowest BCUT2D eigenvalue weighted by Crippen LogP contribution is -2.38. The summed E-state index contributed by atoms with van der Waals surface area (Å²) in [5.41, 5.74) is 9.56. The topological polar surface area (TPSA) is 163 Å². The standard InChI is InChI=1S/C17H32N4O6/c1-12(14(22)26-16(18)24)20-10-8-6-4-3-5-7-9-11-21-13(2)15(23)27-17(19)25/h12-13,20-21H,3-11H2,1-2H3,(H2,18,24)(H2,19,25). The van der Waals surface area contributed by atoms with Crippen LogP contribution in [-0.4, -0.2) is 49.3 Å². The molecule has 0 rings (SSSR count). The molecule has 0 radical (unpaired) electrons. The van der Waals surface area contributed by atoms with E-state index >= 15 is 0 Å². The van der Waals surface area contributed by atoms with Crippen LogP contribution in [0.15, 0.2) is 0 Å². The van der Waals surface area contributed by atoms with Gasteiger partial charge in [-0.1, -0.05) is 32.1 Å². The maximum atomic E-state index is 11.3. The van der Waals surface area contributed by atoms with Crippen LogP contribution < -0.4 is 22.1 Å². The van der Waals surface area contributed by atoms with Crippen LogP contribution in [0.3, 0.4) is 0 Å². The molecule has 2 atom stereocenters. The third-order valence-corrected chi connectivity index (χ3v) is 3.86. The quantitative estimate of drug-likeness (QED) is 0.194. The summed E-state index contributed by atoms with van der Waals surface area (Å²) in [4.78, 5) is 43.6. The van der Waals surface area contributed by atoms with Crippen molar-refractivity contribution in [1.29, 1.82) is 0 Å². The maximum absolute atomic E-state index is 11.3. The number of primary amides is 2. The predicted molar refractivity (Wildman–Crippen MR) is 98.6 cm³/mol. The number of unbranched alkanes of at least 4 members (excludes halogenated alkanes) is 6. The second kappa shape index (κ2) is 14.9. The van der Waals surface area contributed by atoms with E-state index in [0.717, 1.165) is 44.9 Å². The molecule has 0 spiro atoms. The molecule has 2 unspecified atom stereocenters. The Morgan fingerprint density at radius 3 is 1.26 bits per heavy atom. The van der Waals surface area contributed by atoms with Crippen molar-refractivity contribution in [2.24, 2.45) is 11.5 Å². The third kappa shape index (κ3) is 14.6. The summed E-state index contributed by atoms with van der Waals surface area (Å²) in [5, 5.41) is 5.96. The van der Waals surface area contributed by atoms with Crippen LogP contribution in [0.5, 0.6) is 0 Å². The van der Waals surface area contributed by atoms with Crippen molar-refractivity contribution in [1.82, 2.24) is 10.6 Å². The van der Waals surface area contributed by atoms with E-state index in [1.54, 1.807) is 13.8 Å². The smallest absolute Gasteiger partial charge is 0.375 e. The van der Waals surface area contributed by atoms with Gasteiger partial charge in [0.15, 0.2) is 0 Å². The zero-order valence-corrected chi connectivity index (χ0v) is 16.1. The molecule has 10 nitrogen and oxygen atoms in total. The molecule has 0 bridgehead atoms. The Morgan fingerprint density at radius 1 is 0.667 bits per heavy atom. The first-order valence-corrected chi connectivity index (χ1v) is 9.23. The Labute approximate surface area is 159 Å². The second-order valence-electron chi connectivity index (χ2n) is 6.31. The van der Waals surface area contributed by atoms with Gasteiger partial charge in [-0.05, 0) is 39.8 Å². The number of esters is 2. The van der Waals surface area contributed by atoms with E-state index in [9.17, 15) is 19.2 Å². The van der Waals surface area contributed by atoms with Gasteiger partial charge in [0.1, 0.15) is 12.1 Å². The van der Waals surface area contributed by atoms with Crippen molar-refractivity contribution in [3.63, 3.8) is 0 Å². The molecule has 0 fully saturated rings. The first-order chi connectivity index (χ1) is 12.7. The minimum atomic E-state index is -1.09. The van der Waals surface area contributed by atoms with Crippen molar-refractivity contribution in [2.75, 3.05) is 13.1 Å². The largest absolute Gasteiger partial charge is 0.412 e. The fraction of sp³-hybridized carbons (Fsp3) is 0.765. The van der Waals surface area contributed by atoms with Crippen molar-refractivity contribution in [2.45, 2.75) is 70.9 Å². The zero-order chi connectivity index (χ0) is 20.7. The van der Waals surface area contributed by atoms with Crippen LogP contribution in [0, 0.1) is 0 Å². The number of ether oxygens (including phenoxy) is 2. The van der Waals surface area contributed by atoms with E-state index in [1.165, 1.54) is 0 Å². The van der Waals surface area contributed by atoms with E-state index in [4.69, 9.17) is 11.5 Å². The summed E-state index contributed by atoms with van der Waals surface area (Å²) in [5.74, 6) is -1.35. The Morgan fingerprint density at radius 2 is 0.963 bits per heavy atom. The predicted octanol–water partition coefficient (Wildman–Crippen LogP) is 0.917. The van der Waals surface area contributed by atoms with E-state index in [1.807, 2.05) is 0 Å². The van der Waals surface area contributed by atoms with Crippen LogP contribution in [0.1, 0.15) is 58.8 Å². The third-order valence-electron chi connectivity index (χ3n) is 3.86. The van der Waals surface area contributed by atoms with Crippen molar-refractivity contribution < 1.29 is 28.7 Å². The van der Waals surface area contributed by atoms with Gasteiger partial charge in [-0.25, -0.2) is 19.2 Å². The number of hydrogen-bond donors (Lipinski definition) is 4. The number of carbonyl (C=O) groups excluding carboxylic acids is 4. The van der Waals surface area contributed by atoms with Crippen LogP contribution in [-0.2, 0) is 19.1 Å². The lowest BCUT2D eigenvalue weighted by molar-refractivity contribution is -0.140. The van der Waals surface area contributed by atoms with Crippen molar-refractivity contribution >= 4 is 24.1 Å². The van der Waals surface area contributed by atoms with E-state index in [-0.39, 0.29) is 0 Å². The summed E-state index contributed by atoms with van der Waals surface area (Å²) in [7, 11) is 0. The van der Waals surface area contributed by atoms with Gasteiger partial charge in [-0.3, -0.25) is 0 Å². The van der Waals surface area contributed by atoms with Crippen LogP contribution >= 0.6 is 0 Å². The molecule has 0 aliphatic carbocycles. The highest BCUT2D eigenvalue weighted by atomic mass is 16.6. The summed E-state index contributed by atoms with van der Waals surface area (Å²) < 4.78 is 8.57. The van der Waals surface area contributed by atoms with Crippen molar-refractivity contribution in [3.8, 4) is 0 Å². The molecule has 0 aromatic rings. The summed E-state index contributed by atoms with van der Waals surface area (Å²) in [6, 6.07) is -1.12. The van der Waals surface area contributed by atoms with E-state index in [2.05, 4.69) is 20.1 Å². The number of amides is 2. The SMILES string of the molecule is CC(NCCCCCCCCCNC(C)C(=O)OC(N)=O)C(=O)OC(N)=O. The first kappa shape index (κ1) is 24.8. The zero-order valence-electron chi connectivity index (χ0n) is 16.1. The highest BCUT2D eigenvalue weighted by Gasteiger charge is 2.16. The average Bonchev–Trinajstić information content (AvgIpc) is 2.57. The summed E-state index contributed by atoms with van der Waals surface area (Å²) in [6.07, 6.45) is 5.04. The molecular formula is C17H32N4O6. The first-order valence-electron chi connectivity index (χ1n) is 9.23. The normalized spacial score (nSPS) is 12.8. The second-order valence-corrected chi connectivity index (χ2v) is 6.31.